The van der Waals surface area contributed by atoms with Crippen LogP contribution in [0.5, 0.6) is 5.75 Å². The molecular formula is C35H44N6O3Si. The van der Waals surface area contributed by atoms with Gasteiger partial charge in [0.25, 0.3) is 8.32 Å². The van der Waals surface area contributed by atoms with Crippen molar-refractivity contribution < 1.29 is 14.3 Å². The zero-order chi connectivity index (χ0) is 31.9. The van der Waals surface area contributed by atoms with Crippen LogP contribution in [0.15, 0.2) is 85.5 Å². The Morgan fingerprint density at radius 2 is 1.62 bits per heavy atom. The largest absolute Gasteiger partial charge is 0.496 e. The van der Waals surface area contributed by atoms with Crippen molar-refractivity contribution in [3.63, 3.8) is 0 Å². The van der Waals surface area contributed by atoms with Crippen LogP contribution in [0.2, 0.25) is 5.04 Å². The maximum Gasteiger partial charge on any atom is 0.261 e. The fourth-order valence-corrected chi connectivity index (χ4v) is 10.7. The number of nitrogens with one attached hydrogen (secondary N) is 1. The van der Waals surface area contributed by atoms with E-state index >= 15 is 0 Å². The molecule has 0 fully saturated rings. The molecule has 0 saturated carbocycles. The van der Waals surface area contributed by atoms with Gasteiger partial charge in [-0.25, -0.2) is 9.97 Å². The Kier molecular flexibility index (Phi) is 10.3. The number of anilines is 1. The van der Waals surface area contributed by atoms with Crippen LogP contribution >= 0.6 is 0 Å². The highest BCUT2D eigenvalue weighted by molar-refractivity contribution is 6.99. The number of aromatic nitrogens is 5. The Morgan fingerprint density at radius 3 is 2.22 bits per heavy atom. The van der Waals surface area contributed by atoms with Crippen LogP contribution in [0.4, 0.5) is 5.82 Å². The Hall–Kier alpha value is -4.12. The first-order chi connectivity index (χ1) is 21.8. The minimum atomic E-state index is -2.63. The highest BCUT2D eigenvalue weighted by Crippen LogP contribution is 2.37. The van der Waals surface area contributed by atoms with Crippen LogP contribution in [0.25, 0.3) is 11.0 Å². The van der Waals surface area contributed by atoms with Gasteiger partial charge in [0.1, 0.15) is 23.1 Å². The van der Waals surface area contributed by atoms with E-state index in [1.54, 1.807) is 31.9 Å². The lowest BCUT2D eigenvalue weighted by molar-refractivity contribution is 0.275. The average molecular weight is 625 g/mol. The number of aliphatic hydroxyl groups is 1. The molecule has 2 N–H and O–H groups in total. The molecule has 0 radical (unpaired) electrons. The van der Waals surface area contributed by atoms with E-state index < -0.39 is 8.32 Å². The van der Waals surface area contributed by atoms with E-state index in [2.05, 4.69) is 114 Å². The van der Waals surface area contributed by atoms with Crippen molar-refractivity contribution >= 4 is 35.5 Å². The molecule has 0 spiro atoms. The topological polar surface area (TPSA) is 107 Å². The molecule has 5 rings (SSSR count). The number of ether oxygens (including phenoxy) is 1. The molecule has 45 heavy (non-hydrogen) atoms. The van der Waals surface area contributed by atoms with E-state index in [9.17, 15) is 5.11 Å². The molecule has 0 amide bonds. The molecule has 9 nitrogen and oxygen atoms in total. The first kappa shape index (κ1) is 32.3. The van der Waals surface area contributed by atoms with Gasteiger partial charge in [0.05, 0.1) is 32.2 Å². The van der Waals surface area contributed by atoms with Gasteiger partial charge in [0.2, 0.25) is 0 Å². The van der Waals surface area contributed by atoms with Gasteiger partial charge in [-0.3, -0.25) is 9.67 Å². The van der Waals surface area contributed by atoms with E-state index in [0.717, 1.165) is 41.7 Å². The Bertz CT molecular complexity index is 1630. The summed E-state index contributed by atoms with van der Waals surface area (Å²) in [5.74, 6) is 1.38. The number of fused-ring (bicyclic) bond motifs is 1. The molecule has 0 bridgehead atoms. The number of benzene rings is 2. The van der Waals surface area contributed by atoms with Crippen LogP contribution in [0.3, 0.4) is 0 Å². The van der Waals surface area contributed by atoms with E-state index in [-0.39, 0.29) is 17.7 Å². The molecule has 0 aliphatic carbocycles. The Morgan fingerprint density at radius 1 is 0.933 bits per heavy atom. The predicted octanol–water partition coefficient (Wildman–Crippen LogP) is 5.32. The van der Waals surface area contributed by atoms with Crippen LogP contribution in [0.1, 0.15) is 58.2 Å². The highest BCUT2D eigenvalue weighted by Gasteiger charge is 2.50. The normalized spacial score (nSPS) is 12.8. The molecule has 3 aromatic heterocycles. The molecule has 0 aliphatic heterocycles. The number of methoxy groups -OCH3 is 1. The molecular weight excluding hydrogens is 581 g/mol. The van der Waals surface area contributed by atoms with Crippen molar-refractivity contribution in [3.8, 4) is 5.75 Å². The number of pyridine rings is 1. The van der Waals surface area contributed by atoms with Crippen LogP contribution in [-0.2, 0) is 17.6 Å². The van der Waals surface area contributed by atoms with E-state index in [1.165, 1.54) is 10.4 Å². The van der Waals surface area contributed by atoms with Crippen LogP contribution in [-0.4, -0.2) is 57.9 Å². The zero-order valence-electron chi connectivity index (χ0n) is 26.9. The predicted molar refractivity (Wildman–Crippen MR) is 182 cm³/mol. The SMILES string of the molecule is CCCC(CCO[Si](c1ccccc1)(c1ccccc1)C(C)(C)C)Nc1ncnc2cnn(Cc3cnc(CO)cc3OC)c12. The summed E-state index contributed by atoms with van der Waals surface area (Å²) in [6, 6.07) is 23.4. The maximum absolute atomic E-state index is 9.50. The van der Waals surface area contributed by atoms with Crippen LogP contribution < -0.4 is 20.4 Å². The van der Waals surface area contributed by atoms with Crippen LogP contribution in [0, 0.1) is 0 Å². The highest BCUT2D eigenvalue weighted by atomic mass is 28.4. The number of hydrogen-bond donors (Lipinski definition) is 2. The van der Waals surface area contributed by atoms with Gasteiger partial charge in [-0.05, 0) is 28.3 Å². The summed E-state index contributed by atoms with van der Waals surface area (Å²) in [6.07, 6.45) is 7.85. The molecule has 2 aromatic carbocycles. The smallest absolute Gasteiger partial charge is 0.261 e. The third kappa shape index (κ3) is 6.93. The lowest BCUT2D eigenvalue weighted by Gasteiger charge is -2.43. The Balaban J connectivity index is 1.41. The number of aliphatic hydroxyl groups excluding tert-OH is 1. The Labute approximate surface area is 266 Å². The second-order valence-electron chi connectivity index (χ2n) is 12.3. The van der Waals surface area contributed by atoms with Crippen molar-refractivity contribution in [2.75, 3.05) is 19.0 Å². The molecule has 0 aliphatic rings. The van der Waals surface area contributed by atoms with Crippen molar-refractivity contribution in [2.45, 2.75) is 71.2 Å². The molecule has 1 unspecified atom stereocenters. The lowest BCUT2D eigenvalue weighted by atomic mass is 10.1. The lowest BCUT2D eigenvalue weighted by Crippen LogP contribution is -2.66. The summed E-state index contributed by atoms with van der Waals surface area (Å²) in [5, 5.41) is 20.3. The molecule has 1 atom stereocenters. The fourth-order valence-electron chi connectivity index (χ4n) is 6.16. The minimum absolute atomic E-state index is 0.0833. The van der Waals surface area contributed by atoms with E-state index in [4.69, 9.17) is 9.16 Å². The summed E-state index contributed by atoms with van der Waals surface area (Å²) in [6.45, 7) is 10.0. The summed E-state index contributed by atoms with van der Waals surface area (Å²) >= 11 is 0. The summed E-state index contributed by atoms with van der Waals surface area (Å²) in [7, 11) is -1.02. The first-order valence-corrected chi connectivity index (χ1v) is 17.5. The van der Waals surface area contributed by atoms with Crippen molar-refractivity contribution in [2.24, 2.45) is 0 Å². The van der Waals surface area contributed by atoms with Gasteiger partial charge in [0, 0.05) is 30.5 Å². The second kappa shape index (κ2) is 14.3. The van der Waals surface area contributed by atoms with Gasteiger partial charge < -0.3 is 19.6 Å². The molecule has 3 heterocycles. The van der Waals surface area contributed by atoms with Crippen molar-refractivity contribution in [3.05, 3.63) is 96.7 Å². The molecule has 236 valence electrons. The fraction of sp³-hybridized carbons (Fsp3) is 0.371. The second-order valence-corrected chi connectivity index (χ2v) is 16.6. The first-order valence-electron chi connectivity index (χ1n) is 15.6. The van der Waals surface area contributed by atoms with Gasteiger partial charge in [-0.1, -0.05) is 94.8 Å². The number of nitrogens with zero attached hydrogens (tertiary/aromatic N) is 5. The van der Waals surface area contributed by atoms with Crippen molar-refractivity contribution in [1.82, 2.24) is 24.7 Å². The third-order valence-corrected chi connectivity index (χ3v) is 13.4. The summed E-state index contributed by atoms with van der Waals surface area (Å²) in [4.78, 5) is 13.5. The quantitative estimate of drug-likeness (QED) is 0.160. The molecule has 0 saturated heterocycles. The zero-order valence-corrected chi connectivity index (χ0v) is 27.9. The van der Waals surface area contributed by atoms with Crippen molar-refractivity contribution in [1.29, 1.82) is 0 Å². The molecule has 5 aromatic rings. The van der Waals surface area contributed by atoms with Gasteiger partial charge >= 0.3 is 0 Å². The average Bonchev–Trinajstić information content (AvgIpc) is 3.47. The third-order valence-electron chi connectivity index (χ3n) is 8.31. The number of rotatable bonds is 14. The standard InChI is InChI=1S/C35H44N6O3Si/c1-6-13-27(18-19-44-45(35(2,3)4,29-14-9-7-10-15-29)30-16-11-8-12-17-30)40-34-33-31(37-25-38-34)22-39-41(33)23-26-21-36-28(24-42)20-32(26)43-5/h7-12,14-17,20-22,25,27,42H,6,13,18-19,23-24H2,1-5H3,(H,37,38,40). The summed E-state index contributed by atoms with van der Waals surface area (Å²) in [5.41, 5.74) is 2.97. The maximum atomic E-state index is 9.50. The van der Waals surface area contributed by atoms with Gasteiger partial charge in [-0.2, -0.15) is 5.10 Å². The van der Waals surface area contributed by atoms with Gasteiger partial charge in [-0.15, -0.1) is 0 Å². The number of hydrogen-bond acceptors (Lipinski definition) is 8. The van der Waals surface area contributed by atoms with Gasteiger partial charge in [0.15, 0.2) is 5.82 Å². The summed E-state index contributed by atoms with van der Waals surface area (Å²) < 4.78 is 14.7. The van der Waals surface area contributed by atoms with E-state index in [0.29, 0.717) is 24.6 Å². The monoisotopic (exact) mass is 624 g/mol. The molecule has 10 heteroatoms. The minimum Gasteiger partial charge on any atom is -0.496 e. The van der Waals surface area contributed by atoms with E-state index in [1.807, 2.05) is 4.68 Å².